The monoisotopic (exact) mass is 397 g/mol. The lowest BCUT2D eigenvalue weighted by molar-refractivity contribution is 0.102. The van der Waals surface area contributed by atoms with Crippen molar-refractivity contribution in [3.63, 3.8) is 0 Å². The van der Waals surface area contributed by atoms with E-state index < -0.39 is 33.3 Å². The number of carbonyl (C=O) groups is 1. The van der Waals surface area contributed by atoms with Gasteiger partial charge in [0.2, 0.25) is 16.0 Å². The summed E-state index contributed by atoms with van der Waals surface area (Å²) in [4.78, 5) is 15.7. The van der Waals surface area contributed by atoms with Crippen LogP contribution in [-0.4, -0.2) is 43.7 Å². The van der Waals surface area contributed by atoms with Gasteiger partial charge in [-0.15, -0.1) is 0 Å². The second kappa shape index (κ2) is 8.08. The van der Waals surface area contributed by atoms with Crippen LogP contribution in [-0.2, 0) is 15.8 Å². The molecule has 2 aromatic rings. The molecule has 1 aromatic heterocycles. The van der Waals surface area contributed by atoms with Crippen LogP contribution >= 0.6 is 0 Å². The molecule has 3 N–H and O–H groups in total. The lowest BCUT2D eigenvalue weighted by atomic mass is 10.2. The van der Waals surface area contributed by atoms with Crippen molar-refractivity contribution in [2.75, 3.05) is 19.4 Å². The van der Waals surface area contributed by atoms with E-state index in [1.54, 1.807) is 0 Å². The summed E-state index contributed by atoms with van der Waals surface area (Å²) in [7, 11) is -1.46. The molecular formula is C16H17F2N5O3S. The molecule has 1 amide bonds. The van der Waals surface area contributed by atoms with Crippen LogP contribution in [0.3, 0.4) is 0 Å². The van der Waals surface area contributed by atoms with Crippen molar-refractivity contribution >= 4 is 27.6 Å². The number of amides is 1. The van der Waals surface area contributed by atoms with Gasteiger partial charge in [0.05, 0.1) is 11.9 Å². The van der Waals surface area contributed by atoms with E-state index in [-0.39, 0.29) is 22.9 Å². The molecule has 0 fully saturated rings. The van der Waals surface area contributed by atoms with Crippen LogP contribution in [0.25, 0.3) is 0 Å². The molecule has 0 radical (unpaired) electrons. The standard InChI is InChI=1S/C16H17F2N5O3S/c1-20-16(19)23(2)27(25,26)9-10-7-12(4-5-13(10)18)22-15(24)14-6-3-11(17)8-21-14/h3-8H,9H2,1-2H3,(H2,19,20)(H,22,24). The van der Waals surface area contributed by atoms with Crippen molar-refractivity contribution in [3.05, 3.63) is 59.4 Å². The summed E-state index contributed by atoms with van der Waals surface area (Å²) in [6.45, 7) is 0. The third kappa shape index (κ3) is 4.97. The van der Waals surface area contributed by atoms with Crippen molar-refractivity contribution in [2.24, 2.45) is 0 Å². The topological polar surface area (TPSA) is 115 Å². The van der Waals surface area contributed by atoms with E-state index in [1.165, 1.54) is 25.2 Å². The molecule has 0 unspecified atom stereocenters. The Hall–Kier alpha value is -3.08. The number of hydrogen-bond acceptors (Lipinski definition) is 5. The molecule has 1 heterocycles. The summed E-state index contributed by atoms with van der Waals surface area (Å²) in [5.74, 6) is -3.12. The molecule has 1 aromatic carbocycles. The van der Waals surface area contributed by atoms with Crippen LogP contribution in [0.15, 0.2) is 36.5 Å². The number of hydrogen-bond donors (Lipinski definition) is 3. The van der Waals surface area contributed by atoms with Gasteiger partial charge >= 0.3 is 0 Å². The number of halogens is 2. The molecule has 0 atom stereocenters. The summed E-state index contributed by atoms with van der Waals surface area (Å²) in [6, 6.07) is 5.69. The Labute approximate surface area is 154 Å². The molecule has 0 saturated carbocycles. The van der Waals surface area contributed by atoms with Gasteiger partial charge in [-0.25, -0.2) is 26.5 Å². The van der Waals surface area contributed by atoms with Gasteiger partial charge in [-0.2, -0.15) is 0 Å². The summed E-state index contributed by atoms with van der Waals surface area (Å²) >= 11 is 0. The van der Waals surface area contributed by atoms with Gasteiger partial charge in [0.25, 0.3) is 5.91 Å². The van der Waals surface area contributed by atoms with Gasteiger partial charge in [0.1, 0.15) is 17.3 Å². The molecule has 0 aliphatic rings. The summed E-state index contributed by atoms with van der Waals surface area (Å²) in [5, 5.41) is 12.3. The lowest BCUT2D eigenvalue weighted by Crippen LogP contribution is -2.40. The number of rotatable bonds is 5. The normalized spacial score (nSPS) is 11.0. The van der Waals surface area contributed by atoms with Crippen molar-refractivity contribution in [3.8, 4) is 0 Å². The van der Waals surface area contributed by atoms with Gasteiger partial charge < -0.3 is 10.6 Å². The molecule has 0 saturated heterocycles. The minimum atomic E-state index is -4.01. The van der Waals surface area contributed by atoms with Crippen LogP contribution in [0.5, 0.6) is 0 Å². The Morgan fingerprint density at radius 2 is 1.96 bits per heavy atom. The maximum Gasteiger partial charge on any atom is 0.274 e. The molecule has 0 bridgehead atoms. The summed E-state index contributed by atoms with van der Waals surface area (Å²) in [6.07, 6.45) is 0.879. The third-order valence-corrected chi connectivity index (χ3v) is 5.26. The predicted octanol–water partition coefficient (Wildman–Crippen LogP) is 1.53. The van der Waals surface area contributed by atoms with Crippen molar-refractivity contribution < 1.29 is 22.0 Å². The minimum absolute atomic E-state index is 0.0582. The first kappa shape index (κ1) is 20.2. The van der Waals surface area contributed by atoms with Gasteiger partial charge in [0, 0.05) is 25.3 Å². The van der Waals surface area contributed by atoms with Crippen molar-refractivity contribution in [2.45, 2.75) is 5.75 Å². The third-order valence-electron chi connectivity index (χ3n) is 3.57. The van der Waals surface area contributed by atoms with E-state index in [2.05, 4.69) is 15.6 Å². The number of sulfonamides is 1. The fraction of sp³-hybridized carbons (Fsp3) is 0.188. The van der Waals surface area contributed by atoms with Crippen molar-refractivity contribution in [1.82, 2.24) is 14.6 Å². The van der Waals surface area contributed by atoms with E-state index >= 15 is 0 Å². The number of benzene rings is 1. The van der Waals surface area contributed by atoms with Crippen LogP contribution in [0.2, 0.25) is 0 Å². The molecule has 11 heteroatoms. The number of pyridine rings is 1. The molecule has 2 rings (SSSR count). The number of nitrogens with zero attached hydrogens (tertiary/aromatic N) is 2. The Morgan fingerprint density at radius 1 is 1.26 bits per heavy atom. The van der Waals surface area contributed by atoms with Crippen molar-refractivity contribution in [1.29, 1.82) is 5.41 Å². The first-order chi connectivity index (χ1) is 12.6. The number of guanidine groups is 1. The SMILES string of the molecule is CNC(=N)N(C)S(=O)(=O)Cc1cc(NC(=O)c2ccc(F)cn2)ccc1F. The van der Waals surface area contributed by atoms with Gasteiger partial charge in [0.15, 0.2) is 0 Å². The fourth-order valence-corrected chi connectivity index (χ4v) is 3.24. The molecule has 0 aliphatic heterocycles. The fourth-order valence-electron chi connectivity index (χ4n) is 2.06. The first-order valence-electron chi connectivity index (χ1n) is 7.58. The van der Waals surface area contributed by atoms with Gasteiger partial charge in [-0.3, -0.25) is 10.2 Å². The van der Waals surface area contributed by atoms with Crippen LogP contribution in [0, 0.1) is 17.0 Å². The van der Waals surface area contributed by atoms with Crippen LogP contribution in [0.1, 0.15) is 16.1 Å². The largest absolute Gasteiger partial charge is 0.359 e. The zero-order valence-corrected chi connectivity index (χ0v) is 15.3. The summed E-state index contributed by atoms with van der Waals surface area (Å²) < 4.78 is 52.1. The average Bonchev–Trinajstić information content (AvgIpc) is 2.63. The van der Waals surface area contributed by atoms with E-state index in [1.807, 2.05) is 0 Å². The van der Waals surface area contributed by atoms with E-state index in [9.17, 15) is 22.0 Å². The molecule has 0 aliphatic carbocycles. The molecule has 27 heavy (non-hydrogen) atoms. The minimum Gasteiger partial charge on any atom is -0.359 e. The molecule has 0 spiro atoms. The maximum atomic E-state index is 14.0. The Balaban J connectivity index is 2.22. The average molecular weight is 397 g/mol. The van der Waals surface area contributed by atoms with Crippen LogP contribution in [0.4, 0.5) is 14.5 Å². The quantitative estimate of drug-likeness (QED) is 0.523. The molecule has 144 valence electrons. The summed E-state index contributed by atoms with van der Waals surface area (Å²) in [5.41, 5.74) is -0.100. The zero-order valence-electron chi connectivity index (χ0n) is 14.5. The lowest BCUT2D eigenvalue weighted by Gasteiger charge is -2.19. The van der Waals surface area contributed by atoms with E-state index in [0.29, 0.717) is 4.31 Å². The first-order valence-corrected chi connectivity index (χ1v) is 9.19. The molecule has 8 nitrogen and oxygen atoms in total. The number of carbonyl (C=O) groups excluding carboxylic acids is 1. The predicted molar refractivity (Wildman–Crippen MR) is 95.7 cm³/mol. The van der Waals surface area contributed by atoms with Gasteiger partial charge in [-0.1, -0.05) is 0 Å². The highest BCUT2D eigenvalue weighted by Gasteiger charge is 2.23. The van der Waals surface area contributed by atoms with Gasteiger partial charge in [-0.05, 0) is 30.3 Å². The Kier molecular flexibility index (Phi) is 6.05. The second-order valence-corrected chi connectivity index (χ2v) is 7.44. The van der Waals surface area contributed by atoms with E-state index in [0.717, 1.165) is 25.4 Å². The number of aromatic nitrogens is 1. The highest BCUT2D eigenvalue weighted by Crippen LogP contribution is 2.19. The highest BCUT2D eigenvalue weighted by molar-refractivity contribution is 7.88. The van der Waals surface area contributed by atoms with Crippen LogP contribution < -0.4 is 10.6 Å². The highest BCUT2D eigenvalue weighted by atomic mass is 32.2. The van der Waals surface area contributed by atoms with E-state index in [4.69, 9.17) is 5.41 Å². The second-order valence-electron chi connectivity index (χ2n) is 5.44. The molecular weight excluding hydrogens is 380 g/mol. The Bertz CT molecular complexity index is 965. The number of nitrogens with one attached hydrogen (secondary N) is 3. The Morgan fingerprint density at radius 3 is 2.56 bits per heavy atom. The zero-order chi connectivity index (χ0) is 20.2. The number of anilines is 1. The maximum absolute atomic E-state index is 14.0. The smallest absolute Gasteiger partial charge is 0.274 e.